The standard InChI is InChI=1S/C27H26N2O3/c1-4-32-23-13-11-22(12-14-23)29(27(31)24-8-6-5-7-19(24)3)17-21-16-20-10-9-18(2)15-25(20)28-26(21)30/h5-16H,4,17H2,1-3H3,(H,28,30). The zero-order valence-corrected chi connectivity index (χ0v) is 18.5. The lowest BCUT2D eigenvalue weighted by molar-refractivity contribution is 0.0984. The normalized spacial score (nSPS) is 10.8. The van der Waals surface area contributed by atoms with Crippen molar-refractivity contribution in [1.29, 1.82) is 0 Å². The highest BCUT2D eigenvalue weighted by molar-refractivity contribution is 6.07. The Balaban J connectivity index is 1.77. The number of nitrogens with zero attached hydrogens (tertiary/aromatic N) is 1. The van der Waals surface area contributed by atoms with Crippen LogP contribution in [0, 0.1) is 13.8 Å². The lowest BCUT2D eigenvalue weighted by Gasteiger charge is -2.24. The van der Waals surface area contributed by atoms with Gasteiger partial charge in [0.1, 0.15) is 5.75 Å². The van der Waals surface area contributed by atoms with Crippen LogP contribution in [-0.4, -0.2) is 17.5 Å². The van der Waals surface area contributed by atoms with Gasteiger partial charge in [-0.3, -0.25) is 9.59 Å². The number of aryl methyl sites for hydroxylation is 2. The van der Waals surface area contributed by atoms with E-state index in [4.69, 9.17) is 4.74 Å². The number of pyridine rings is 1. The van der Waals surface area contributed by atoms with Crippen molar-refractivity contribution in [2.24, 2.45) is 0 Å². The Morgan fingerprint density at radius 3 is 2.44 bits per heavy atom. The fraction of sp³-hybridized carbons (Fsp3) is 0.185. The van der Waals surface area contributed by atoms with Crippen molar-refractivity contribution in [3.63, 3.8) is 0 Å². The molecular formula is C27H26N2O3. The predicted molar refractivity (Wildman–Crippen MR) is 129 cm³/mol. The number of nitrogens with one attached hydrogen (secondary N) is 1. The Kier molecular flexibility index (Phi) is 6.08. The van der Waals surface area contributed by atoms with E-state index < -0.39 is 0 Å². The molecule has 0 unspecified atom stereocenters. The molecule has 4 rings (SSSR count). The summed E-state index contributed by atoms with van der Waals surface area (Å²) < 4.78 is 5.54. The minimum absolute atomic E-state index is 0.153. The first-order chi connectivity index (χ1) is 15.5. The monoisotopic (exact) mass is 426 g/mol. The summed E-state index contributed by atoms with van der Waals surface area (Å²) in [5, 5.41) is 0.931. The van der Waals surface area contributed by atoms with Gasteiger partial charge in [0.15, 0.2) is 0 Å². The molecule has 0 fully saturated rings. The van der Waals surface area contributed by atoms with Crippen LogP contribution in [0.2, 0.25) is 0 Å². The van der Waals surface area contributed by atoms with E-state index in [0.717, 1.165) is 27.8 Å². The molecule has 1 heterocycles. The SMILES string of the molecule is CCOc1ccc(N(Cc2cc3ccc(C)cc3[nH]c2=O)C(=O)c2ccccc2C)cc1. The maximum absolute atomic E-state index is 13.6. The number of anilines is 1. The highest BCUT2D eigenvalue weighted by atomic mass is 16.5. The smallest absolute Gasteiger partial charge is 0.258 e. The van der Waals surface area contributed by atoms with Crippen molar-refractivity contribution in [1.82, 2.24) is 4.98 Å². The van der Waals surface area contributed by atoms with Crippen molar-refractivity contribution < 1.29 is 9.53 Å². The van der Waals surface area contributed by atoms with Gasteiger partial charge >= 0.3 is 0 Å². The number of H-pyrrole nitrogens is 1. The second kappa shape index (κ2) is 9.10. The Labute approximate surface area is 187 Å². The molecule has 0 bridgehead atoms. The van der Waals surface area contributed by atoms with E-state index in [1.165, 1.54) is 0 Å². The van der Waals surface area contributed by atoms with Crippen molar-refractivity contribution in [3.05, 3.63) is 105 Å². The van der Waals surface area contributed by atoms with Crippen molar-refractivity contribution in [3.8, 4) is 5.75 Å². The second-order valence-electron chi connectivity index (χ2n) is 7.85. The van der Waals surface area contributed by atoms with E-state index in [1.54, 1.807) is 4.90 Å². The Morgan fingerprint density at radius 2 is 1.72 bits per heavy atom. The van der Waals surface area contributed by atoms with E-state index in [0.29, 0.717) is 23.4 Å². The van der Waals surface area contributed by atoms with Gasteiger partial charge in [-0.1, -0.05) is 30.3 Å². The largest absolute Gasteiger partial charge is 0.494 e. The van der Waals surface area contributed by atoms with Gasteiger partial charge < -0.3 is 14.6 Å². The van der Waals surface area contributed by atoms with Gasteiger partial charge in [-0.05, 0) is 79.7 Å². The summed E-state index contributed by atoms with van der Waals surface area (Å²) in [4.78, 5) is 31.0. The highest BCUT2D eigenvalue weighted by Gasteiger charge is 2.21. The number of aromatic nitrogens is 1. The number of rotatable bonds is 6. The van der Waals surface area contributed by atoms with Gasteiger partial charge in [0.05, 0.1) is 13.2 Å². The number of hydrogen-bond donors (Lipinski definition) is 1. The number of carbonyl (C=O) groups is 1. The topological polar surface area (TPSA) is 62.4 Å². The van der Waals surface area contributed by atoms with Crippen LogP contribution in [0.15, 0.2) is 77.6 Å². The van der Waals surface area contributed by atoms with Gasteiger partial charge in [-0.15, -0.1) is 0 Å². The molecule has 1 N–H and O–H groups in total. The molecule has 0 atom stereocenters. The molecule has 0 saturated carbocycles. The number of amides is 1. The van der Waals surface area contributed by atoms with Crippen molar-refractivity contribution in [2.45, 2.75) is 27.3 Å². The zero-order valence-electron chi connectivity index (χ0n) is 18.5. The van der Waals surface area contributed by atoms with Crippen LogP contribution in [0.3, 0.4) is 0 Å². The quantitative estimate of drug-likeness (QED) is 0.450. The van der Waals surface area contributed by atoms with Crippen LogP contribution in [0.4, 0.5) is 5.69 Å². The van der Waals surface area contributed by atoms with Crippen LogP contribution in [0.5, 0.6) is 5.75 Å². The minimum Gasteiger partial charge on any atom is -0.494 e. The summed E-state index contributed by atoms with van der Waals surface area (Å²) in [6.07, 6.45) is 0. The number of ether oxygens (including phenoxy) is 1. The molecule has 0 aliphatic rings. The average molecular weight is 427 g/mol. The van der Waals surface area contributed by atoms with Crippen molar-refractivity contribution in [2.75, 3.05) is 11.5 Å². The molecule has 162 valence electrons. The first-order valence-corrected chi connectivity index (χ1v) is 10.7. The molecule has 0 spiro atoms. The van der Waals surface area contributed by atoms with E-state index in [2.05, 4.69) is 4.98 Å². The molecule has 0 saturated heterocycles. The first kappa shape index (κ1) is 21.4. The molecule has 5 heteroatoms. The van der Waals surface area contributed by atoms with Gasteiger partial charge in [-0.2, -0.15) is 0 Å². The maximum Gasteiger partial charge on any atom is 0.258 e. The third-order valence-electron chi connectivity index (χ3n) is 5.49. The summed E-state index contributed by atoms with van der Waals surface area (Å²) in [5.74, 6) is 0.578. The Hall–Kier alpha value is -3.86. The first-order valence-electron chi connectivity index (χ1n) is 10.7. The molecule has 1 aromatic heterocycles. The van der Waals surface area contributed by atoms with E-state index in [-0.39, 0.29) is 18.0 Å². The van der Waals surface area contributed by atoms with Crippen LogP contribution in [-0.2, 0) is 6.54 Å². The number of hydrogen-bond acceptors (Lipinski definition) is 3. The number of carbonyl (C=O) groups excluding carboxylic acids is 1. The second-order valence-corrected chi connectivity index (χ2v) is 7.85. The number of aromatic amines is 1. The maximum atomic E-state index is 13.6. The number of fused-ring (bicyclic) bond motifs is 1. The molecule has 0 radical (unpaired) electrons. The summed E-state index contributed by atoms with van der Waals surface area (Å²) in [6, 6.07) is 22.6. The molecule has 3 aromatic carbocycles. The minimum atomic E-state index is -0.198. The summed E-state index contributed by atoms with van der Waals surface area (Å²) in [5.41, 5.74) is 4.38. The Bertz CT molecular complexity index is 1320. The van der Waals surface area contributed by atoms with E-state index >= 15 is 0 Å². The van der Waals surface area contributed by atoms with Gasteiger partial charge in [-0.25, -0.2) is 0 Å². The van der Waals surface area contributed by atoms with Gasteiger partial charge in [0, 0.05) is 22.3 Å². The third-order valence-corrected chi connectivity index (χ3v) is 5.49. The third kappa shape index (κ3) is 4.42. The van der Waals surface area contributed by atoms with Crippen LogP contribution >= 0.6 is 0 Å². The van der Waals surface area contributed by atoms with Crippen LogP contribution in [0.1, 0.15) is 34.0 Å². The summed E-state index contributed by atoms with van der Waals surface area (Å²) in [7, 11) is 0. The molecule has 0 aliphatic carbocycles. The molecule has 5 nitrogen and oxygen atoms in total. The lowest BCUT2D eigenvalue weighted by atomic mass is 10.1. The fourth-order valence-corrected chi connectivity index (χ4v) is 3.78. The molecule has 1 amide bonds. The lowest BCUT2D eigenvalue weighted by Crippen LogP contribution is -2.33. The highest BCUT2D eigenvalue weighted by Crippen LogP contribution is 2.24. The van der Waals surface area contributed by atoms with Crippen LogP contribution < -0.4 is 15.2 Å². The van der Waals surface area contributed by atoms with E-state index in [1.807, 2.05) is 93.6 Å². The zero-order chi connectivity index (χ0) is 22.7. The molecule has 4 aromatic rings. The number of benzene rings is 3. The molecular weight excluding hydrogens is 400 g/mol. The van der Waals surface area contributed by atoms with E-state index in [9.17, 15) is 9.59 Å². The van der Waals surface area contributed by atoms with Gasteiger partial charge in [0.25, 0.3) is 11.5 Å². The Morgan fingerprint density at radius 1 is 0.969 bits per heavy atom. The predicted octanol–water partition coefficient (Wildman–Crippen LogP) is 5.39. The summed E-state index contributed by atoms with van der Waals surface area (Å²) in [6.45, 7) is 6.54. The average Bonchev–Trinajstić information content (AvgIpc) is 2.78. The molecule has 0 aliphatic heterocycles. The van der Waals surface area contributed by atoms with Gasteiger partial charge in [0.2, 0.25) is 0 Å². The fourth-order valence-electron chi connectivity index (χ4n) is 3.78. The molecule has 32 heavy (non-hydrogen) atoms. The van der Waals surface area contributed by atoms with Crippen molar-refractivity contribution >= 4 is 22.5 Å². The summed E-state index contributed by atoms with van der Waals surface area (Å²) >= 11 is 0. The van der Waals surface area contributed by atoms with Crippen LogP contribution in [0.25, 0.3) is 10.9 Å².